The van der Waals surface area contributed by atoms with Crippen LogP contribution in [-0.2, 0) is 15.9 Å². The van der Waals surface area contributed by atoms with E-state index in [1.807, 2.05) is 13.0 Å². The first kappa shape index (κ1) is 14.7. The second kappa shape index (κ2) is 6.27. The van der Waals surface area contributed by atoms with E-state index in [2.05, 4.69) is 9.88 Å². The molecule has 0 N–H and O–H groups in total. The second-order valence-corrected chi connectivity index (χ2v) is 5.18. The summed E-state index contributed by atoms with van der Waals surface area (Å²) in [5.74, 6) is 0.506. The molecule has 2 aromatic rings. The number of anilines is 1. The normalized spacial score (nSPS) is 15.1. The first-order valence-electron chi connectivity index (χ1n) is 7.43. The van der Waals surface area contributed by atoms with Crippen LogP contribution in [0, 0.1) is 0 Å². The standard InChI is InChI=1S/C16H19N3O3/c1-3-11-8-12(16(20)21-2)9-13-15(11)18-14(10-17-13)19-4-6-22-7-5-19/h8-10H,3-7H2,1-2H3. The molecule has 1 aromatic carbocycles. The lowest BCUT2D eigenvalue weighted by Gasteiger charge is -2.27. The molecule has 1 aromatic heterocycles. The van der Waals surface area contributed by atoms with Crippen LogP contribution in [0.3, 0.4) is 0 Å². The van der Waals surface area contributed by atoms with E-state index in [0.717, 1.165) is 41.9 Å². The van der Waals surface area contributed by atoms with Crippen LogP contribution < -0.4 is 4.90 Å². The van der Waals surface area contributed by atoms with Crippen LogP contribution in [0.15, 0.2) is 18.3 Å². The van der Waals surface area contributed by atoms with Crippen molar-refractivity contribution in [1.82, 2.24) is 9.97 Å². The van der Waals surface area contributed by atoms with E-state index in [1.54, 1.807) is 12.3 Å². The molecule has 0 aliphatic carbocycles. The molecule has 0 saturated carbocycles. The van der Waals surface area contributed by atoms with E-state index in [0.29, 0.717) is 18.8 Å². The van der Waals surface area contributed by atoms with E-state index < -0.39 is 0 Å². The molecule has 22 heavy (non-hydrogen) atoms. The summed E-state index contributed by atoms with van der Waals surface area (Å²) in [5, 5.41) is 0. The Hall–Kier alpha value is -2.21. The maximum Gasteiger partial charge on any atom is 0.337 e. The summed E-state index contributed by atoms with van der Waals surface area (Å²) in [6.07, 6.45) is 2.54. The fourth-order valence-corrected chi connectivity index (χ4v) is 2.63. The van der Waals surface area contributed by atoms with Gasteiger partial charge in [0.1, 0.15) is 5.82 Å². The zero-order valence-corrected chi connectivity index (χ0v) is 12.8. The van der Waals surface area contributed by atoms with Crippen LogP contribution in [0.4, 0.5) is 5.82 Å². The molecule has 116 valence electrons. The molecular weight excluding hydrogens is 282 g/mol. The number of aryl methyl sites for hydroxylation is 1. The lowest BCUT2D eigenvalue weighted by molar-refractivity contribution is 0.0601. The summed E-state index contributed by atoms with van der Waals surface area (Å²) < 4.78 is 10.2. The summed E-state index contributed by atoms with van der Waals surface area (Å²) in [6.45, 7) is 5.10. The van der Waals surface area contributed by atoms with Crippen molar-refractivity contribution < 1.29 is 14.3 Å². The number of rotatable bonds is 3. The third kappa shape index (κ3) is 2.74. The molecule has 1 aliphatic rings. The number of morpholine rings is 1. The van der Waals surface area contributed by atoms with Gasteiger partial charge in [0.2, 0.25) is 0 Å². The van der Waals surface area contributed by atoms with Crippen molar-refractivity contribution >= 4 is 22.8 Å². The van der Waals surface area contributed by atoms with Crippen molar-refractivity contribution in [3.05, 3.63) is 29.5 Å². The minimum Gasteiger partial charge on any atom is -0.465 e. The molecule has 0 amide bonds. The average Bonchev–Trinajstić information content (AvgIpc) is 2.60. The van der Waals surface area contributed by atoms with Crippen LogP contribution in [-0.4, -0.2) is 49.4 Å². The van der Waals surface area contributed by atoms with Crippen LogP contribution in [0.5, 0.6) is 0 Å². The van der Waals surface area contributed by atoms with Gasteiger partial charge in [0, 0.05) is 13.1 Å². The first-order valence-corrected chi connectivity index (χ1v) is 7.43. The largest absolute Gasteiger partial charge is 0.465 e. The molecule has 3 rings (SSSR count). The fraction of sp³-hybridized carbons (Fsp3) is 0.438. The number of aromatic nitrogens is 2. The Balaban J connectivity index is 2.05. The van der Waals surface area contributed by atoms with Gasteiger partial charge in [0.05, 0.1) is 43.1 Å². The number of ether oxygens (including phenoxy) is 2. The van der Waals surface area contributed by atoms with Crippen LogP contribution >= 0.6 is 0 Å². The Morgan fingerprint density at radius 3 is 2.82 bits per heavy atom. The van der Waals surface area contributed by atoms with Gasteiger partial charge >= 0.3 is 5.97 Å². The SMILES string of the molecule is CCc1cc(C(=O)OC)cc2ncc(N3CCOCC3)nc12. The lowest BCUT2D eigenvalue weighted by atomic mass is 10.1. The number of carbonyl (C=O) groups is 1. The van der Waals surface area contributed by atoms with Crippen molar-refractivity contribution in [2.24, 2.45) is 0 Å². The monoisotopic (exact) mass is 301 g/mol. The number of carbonyl (C=O) groups excluding carboxylic acids is 1. The van der Waals surface area contributed by atoms with Crippen molar-refractivity contribution in [1.29, 1.82) is 0 Å². The summed E-state index contributed by atoms with van der Waals surface area (Å²) >= 11 is 0. The zero-order chi connectivity index (χ0) is 15.5. The van der Waals surface area contributed by atoms with Gasteiger partial charge in [0.15, 0.2) is 0 Å². The van der Waals surface area contributed by atoms with Gasteiger partial charge in [-0.15, -0.1) is 0 Å². The maximum atomic E-state index is 11.7. The third-order valence-corrected chi connectivity index (χ3v) is 3.85. The van der Waals surface area contributed by atoms with Gasteiger partial charge in [-0.3, -0.25) is 4.98 Å². The molecule has 1 fully saturated rings. The van der Waals surface area contributed by atoms with Gasteiger partial charge in [-0.1, -0.05) is 6.92 Å². The molecule has 0 atom stereocenters. The Labute approximate surface area is 129 Å². The number of nitrogens with zero attached hydrogens (tertiary/aromatic N) is 3. The topological polar surface area (TPSA) is 64.5 Å². The highest BCUT2D eigenvalue weighted by molar-refractivity contribution is 5.94. The van der Waals surface area contributed by atoms with Crippen molar-refractivity contribution in [2.45, 2.75) is 13.3 Å². The fourth-order valence-electron chi connectivity index (χ4n) is 2.63. The molecule has 6 nitrogen and oxygen atoms in total. The third-order valence-electron chi connectivity index (χ3n) is 3.85. The number of methoxy groups -OCH3 is 1. The smallest absolute Gasteiger partial charge is 0.337 e. The van der Waals surface area contributed by atoms with Crippen molar-refractivity contribution in [3.8, 4) is 0 Å². The van der Waals surface area contributed by atoms with Gasteiger partial charge in [-0.2, -0.15) is 0 Å². The van der Waals surface area contributed by atoms with Crippen LogP contribution in [0.25, 0.3) is 11.0 Å². The summed E-state index contributed by atoms with van der Waals surface area (Å²) in [4.78, 5) is 23.2. The molecule has 1 saturated heterocycles. The Morgan fingerprint density at radius 2 is 2.14 bits per heavy atom. The number of fused-ring (bicyclic) bond motifs is 1. The Kier molecular flexibility index (Phi) is 4.20. The van der Waals surface area contributed by atoms with Gasteiger partial charge in [-0.05, 0) is 24.1 Å². The van der Waals surface area contributed by atoms with Crippen LogP contribution in [0.1, 0.15) is 22.8 Å². The molecule has 0 bridgehead atoms. The van der Waals surface area contributed by atoms with Gasteiger partial charge < -0.3 is 14.4 Å². The minimum absolute atomic E-state index is 0.351. The molecule has 1 aliphatic heterocycles. The van der Waals surface area contributed by atoms with Crippen molar-refractivity contribution in [3.63, 3.8) is 0 Å². The van der Waals surface area contributed by atoms with Crippen LogP contribution in [0.2, 0.25) is 0 Å². The summed E-state index contributed by atoms with van der Waals surface area (Å²) in [7, 11) is 1.38. The Bertz CT molecular complexity index is 696. The van der Waals surface area contributed by atoms with E-state index in [-0.39, 0.29) is 5.97 Å². The molecule has 0 unspecified atom stereocenters. The molecule has 6 heteroatoms. The lowest BCUT2D eigenvalue weighted by Crippen LogP contribution is -2.36. The highest BCUT2D eigenvalue weighted by Crippen LogP contribution is 2.22. The van der Waals surface area contributed by atoms with Gasteiger partial charge in [0.25, 0.3) is 0 Å². The average molecular weight is 301 g/mol. The quantitative estimate of drug-likeness (QED) is 0.806. The summed E-state index contributed by atoms with van der Waals surface area (Å²) in [6, 6.07) is 3.57. The maximum absolute atomic E-state index is 11.7. The van der Waals surface area contributed by atoms with E-state index in [4.69, 9.17) is 14.5 Å². The second-order valence-electron chi connectivity index (χ2n) is 5.18. The molecule has 0 radical (unpaired) electrons. The summed E-state index contributed by atoms with van der Waals surface area (Å²) in [5.41, 5.74) is 3.08. The van der Waals surface area contributed by atoms with E-state index >= 15 is 0 Å². The van der Waals surface area contributed by atoms with E-state index in [9.17, 15) is 4.79 Å². The number of hydrogen-bond donors (Lipinski definition) is 0. The van der Waals surface area contributed by atoms with Gasteiger partial charge in [-0.25, -0.2) is 9.78 Å². The number of esters is 1. The first-order chi connectivity index (χ1) is 10.7. The predicted octanol–water partition coefficient (Wildman–Crippen LogP) is 1.82. The Morgan fingerprint density at radius 1 is 1.36 bits per heavy atom. The highest BCUT2D eigenvalue weighted by atomic mass is 16.5. The van der Waals surface area contributed by atoms with Crippen molar-refractivity contribution in [2.75, 3.05) is 38.3 Å². The highest BCUT2D eigenvalue weighted by Gasteiger charge is 2.16. The molecule has 2 heterocycles. The molecule has 0 spiro atoms. The predicted molar refractivity (Wildman–Crippen MR) is 83.3 cm³/mol. The number of hydrogen-bond acceptors (Lipinski definition) is 6. The minimum atomic E-state index is -0.351. The van der Waals surface area contributed by atoms with E-state index in [1.165, 1.54) is 7.11 Å². The number of benzene rings is 1. The molecular formula is C16H19N3O3. The zero-order valence-electron chi connectivity index (χ0n) is 12.8.